The minimum Gasteiger partial charge on any atom is -0.454 e. The van der Waals surface area contributed by atoms with Crippen LogP contribution in [-0.2, 0) is 19.7 Å². The van der Waals surface area contributed by atoms with Gasteiger partial charge in [0.2, 0.25) is 18.6 Å². The van der Waals surface area contributed by atoms with E-state index in [2.05, 4.69) is 15.8 Å². The number of nitrogens with zero attached hydrogens (tertiary/aromatic N) is 1. The Morgan fingerprint density at radius 1 is 1.19 bits per heavy atom. The van der Waals surface area contributed by atoms with Gasteiger partial charge in [0.15, 0.2) is 17.3 Å². The number of benzene rings is 1. The normalized spacial score (nSPS) is 17.6. The van der Waals surface area contributed by atoms with E-state index in [1.807, 2.05) is 18.2 Å². The molecule has 1 aromatic carbocycles. The topological polar surface area (TPSA) is 112 Å². The number of carbonyl (C=O) groups excluding carboxylic acids is 2. The van der Waals surface area contributed by atoms with Crippen LogP contribution in [0.2, 0.25) is 0 Å². The van der Waals surface area contributed by atoms with E-state index in [0.717, 1.165) is 29.9 Å². The van der Waals surface area contributed by atoms with Gasteiger partial charge in [-0.25, -0.2) is 0 Å². The van der Waals surface area contributed by atoms with Crippen LogP contribution in [0.3, 0.4) is 0 Å². The van der Waals surface area contributed by atoms with E-state index in [4.69, 9.17) is 18.7 Å². The lowest BCUT2D eigenvalue weighted by Crippen LogP contribution is -2.45. The van der Waals surface area contributed by atoms with Gasteiger partial charge in [-0.15, -0.1) is 11.8 Å². The van der Waals surface area contributed by atoms with Crippen LogP contribution in [0.4, 0.5) is 5.82 Å². The molecular formula is C22H27N3O6S. The van der Waals surface area contributed by atoms with Gasteiger partial charge in [0.05, 0.1) is 11.0 Å². The van der Waals surface area contributed by atoms with E-state index >= 15 is 0 Å². The molecule has 2 aliphatic heterocycles. The third kappa shape index (κ3) is 5.18. The van der Waals surface area contributed by atoms with Crippen LogP contribution in [0.1, 0.15) is 31.1 Å². The second-order valence-electron chi connectivity index (χ2n) is 8.00. The summed E-state index contributed by atoms with van der Waals surface area (Å²) in [5, 5.41) is 9.08. The van der Waals surface area contributed by atoms with Crippen molar-refractivity contribution < 1.29 is 28.3 Å². The van der Waals surface area contributed by atoms with Crippen LogP contribution >= 0.6 is 11.8 Å². The molecule has 9 nitrogen and oxygen atoms in total. The molecule has 0 saturated carbocycles. The minimum absolute atomic E-state index is 0.112. The van der Waals surface area contributed by atoms with E-state index in [1.54, 1.807) is 19.9 Å². The number of ether oxygens (including phenoxy) is 3. The molecule has 1 aromatic heterocycles. The Labute approximate surface area is 190 Å². The van der Waals surface area contributed by atoms with Crippen molar-refractivity contribution in [3.05, 3.63) is 35.6 Å². The van der Waals surface area contributed by atoms with E-state index in [-0.39, 0.29) is 29.8 Å². The zero-order valence-electron chi connectivity index (χ0n) is 18.1. The second kappa shape index (κ2) is 9.83. The Bertz CT molecular complexity index is 972. The molecule has 1 saturated heterocycles. The number of aromatic nitrogens is 1. The van der Waals surface area contributed by atoms with Gasteiger partial charge in [-0.05, 0) is 44.4 Å². The van der Waals surface area contributed by atoms with Crippen molar-refractivity contribution in [2.75, 3.05) is 37.6 Å². The predicted molar refractivity (Wildman–Crippen MR) is 119 cm³/mol. The van der Waals surface area contributed by atoms with Gasteiger partial charge in [0.25, 0.3) is 0 Å². The van der Waals surface area contributed by atoms with Crippen LogP contribution < -0.4 is 20.1 Å². The van der Waals surface area contributed by atoms with Crippen molar-refractivity contribution in [1.29, 1.82) is 0 Å². The first-order valence-corrected chi connectivity index (χ1v) is 11.6. The number of nitrogens with one attached hydrogen (secondary N) is 2. The highest BCUT2D eigenvalue weighted by molar-refractivity contribution is 8.01. The Kier molecular flexibility index (Phi) is 6.90. The Hall–Kier alpha value is -2.72. The summed E-state index contributed by atoms with van der Waals surface area (Å²) in [5.74, 6) is 2.30. The van der Waals surface area contributed by atoms with Gasteiger partial charge in [-0.1, -0.05) is 11.2 Å². The van der Waals surface area contributed by atoms with Crippen molar-refractivity contribution in [1.82, 2.24) is 10.5 Å². The lowest BCUT2D eigenvalue weighted by molar-refractivity contribution is -0.119. The summed E-state index contributed by atoms with van der Waals surface area (Å²) < 4.78 is 21.5. The summed E-state index contributed by atoms with van der Waals surface area (Å²) in [6.45, 7) is 5.50. The van der Waals surface area contributed by atoms with Gasteiger partial charge in [-0.3, -0.25) is 9.59 Å². The van der Waals surface area contributed by atoms with Crippen molar-refractivity contribution >= 4 is 29.4 Å². The summed E-state index contributed by atoms with van der Waals surface area (Å²) >= 11 is 1.27. The second-order valence-corrected chi connectivity index (χ2v) is 9.33. The molecular weight excluding hydrogens is 434 g/mol. The zero-order valence-corrected chi connectivity index (χ0v) is 19.0. The fraction of sp³-hybridized carbons (Fsp3) is 0.500. The molecule has 2 aliphatic rings. The summed E-state index contributed by atoms with van der Waals surface area (Å²) in [6.07, 6.45) is 1.60. The van der Waals surface area contributed by atoms with Gasteiger partial charge >= 0.3 is 0 Å². The third-order valence-electron chi connectivity index (χ3n) is 5.77. The largest absolute Gasteiger partial charge is 0.454 e. The molecule has 0 bridgehead atoms. The number of amides is 2. The van der Waals surface area contributed by atoms with Crippen LogP contribution in [0.25, 0.3) is 0 Å². The predicted octanol–water partition coefficient (Wildman–Crippen LogP) is 2.64. The lowest BCUT2D eigenvalue weighted by atomic mass is 9.74. The number of fused-ring (bicyclic) bond motifs is 1. The fourth-order valence-corrected chi connectivity index (χ4v) is 4.52. The molecule has 1 atom stereocenters. The number of hydrogen-bond acceptors (Lipinski definition) is 8. The van der Waals surface area contributed by atoms with E-state index in [1.165, 1.54) is 11.8 Å². The maximum Gasteiger partial charge on any atom is 0.238 e. The molecule has 32 heavy (non-hydrogen) atoms. The maximum absolute atomic E-state index is 12.6. The first kappa shape index (κ1) is 22.5. The van der Waals surface area contributed by atoms with Crippen molar-refractivity contribution in [2.24, 2.45) is 0 Å². The Morgan fingerprint density at radius 3 is 2.72 bits per heavy atom. The summed E-state index contributed by atoms with van der Waals surface area (Å²) in [6, 6.07) is 7.61. The molecule has 0 radical (unpaired) electrons. The first-order chi connectivity index (χ1) is 15.4. The standard InChI is InChI=1S/C22H27N3O6S/c1-14-9-19(25-31-14)24-21(27)15(2)32-11-20(26)23-12-22(5-7-28-8-6-22)16-3-4-17-18(10-16)30-13-29-17/h3-4,9-10,15H,5-8,11-13H2,1-2H3,(H,23,26)(H,24,25,27). The average Bonchev–Trinajstić information content (AvgIpc) is 3.44. The quantitative estimate of drug-likeness (QED) is 0.617. The zero-order chi connectivity index (χ0) is 22.6. The van der Waals surface area contributed by atoms with Gasteiger partial charge < -0.3 is 29.4 Å². The van der Waals surface area contributed by atoms with Gasteiger partial charge in [-0.2, -0.15) is 0 Å². The third-order valence-corrected chi connectivity index (χ3v) is 6.91. The summed E-state index contributed by atoms with van der Waals surface area (Å²) in [5.41, 5.74) is 0.876. The SMILES string of the molecule is Cc1cc(NC(=O)C(C)SCC(=O)NCC2(c3ccc4c(c3)OCO4)CCOCC2)no1. The van der Waals surface area contributed by atoms with Crippen molar-refractivity contribution in [2.45, 2.75) is 37.4 Å². The number of anilines is 1. The van der Waals surface area contributed by atoms with Crippen LogP contribution in [0.5, 0.6) is 11.5 Å². The molecule has 0 spiro atoms. The molecule has 2 aromatic rings. The van der Waals surface area contributed by atoms with Crippen molar-refractivity contribution in [3.8, 4) is 11.5 Å². The first-order valence-electron chi connectivity index (χ1n) is 10.6. The van der Waals surface area contributed by atoms with Crippen molar-refractivity contribution in [3.63, 3.8) is 0 Å². The average molecular weight is 462 g/mol. The summed E-state index contributed by atoms with van der Waals surface area (Å²) in [4.78, 5) is 24.9. The monoisotopic (exact) mass is 461 g/mol. The van der Waals surface area contributed by atoms with E-state index in [0.29, 0.717) is 31.3 Å². The summed E-state index contributed by atoms with van der Waals surface area (Å²) in [7, 11) is 0. The molecule has 2 N–H and O–H groups in total. The lowest BCUT2D eigenvalue weighted by Gasteiger charge is -2.38. The highest BCUT2D eigenvalue weighted by Gasteiger charge is 2.36. The van der Waals surface area contributed by atoms with Gasteiger partial charge in [0, 0.05) is 31.2 Å². The number of hydrogen-bond donors (Lipinski definition) is 2. The number of carbonyl (C=O) groups is 2. The Balaban J connectivity index is 1.31. The van der Waals surface area contributed by atoms with Crippen LogP contribution in [-0.4, -0.2) is 54.5 Å². The Morgan fingerprint density at radius 2 is 1.97 bits per heavy atom. The van der Waals surface area contributed by atoms with E-state index in [9.17, 15) is 9.59 Å². The fourth-order valence-electron chi connectivity index (χ4n) is 3.80. The molecule has 0 aliphatic carbocycles. The number of thioether (sulfide) groups is 1. The molecule has 1 unspecified atom stereocenters. The number of aryl methyl sites for hydroxylation is 1. The minimum atomic E-state index is -0.413. The molecule has 10 heteroatoms. The van der Waals surface area contributed by atoms with E-state index < -0.39 is 5.25 Å². The molecule has 172 valence electrons. The number of rotatable bonds is 8. The van der Waals surface area contributed by atoms with Crippen LogP contribution in [0.15, 0.2) is 28.8 Å². The molecule has 1 fully saturated rings. The highest BCUT2D eigenvalue weighted by Crippen LogP contribution is 2.40. The van der Waals surface area contributed by atoms with Crippen LogP contribution in [0, 0.1) is 6.92 Å². The molecule has 3 heterocycles. The smallest absolute Gasteiger partial charge is 0.238 e. The van der Waals surface area contributed by atoms with Gasteiger partial charge in [0.1, 0.15) is 5.76 Å². The highest BCUT2D eigenvalue weighted by atomic mass is 32.2. The molecule has 2 amide bonds. The maximum atomic E-state index is 12.6. The molecule has 4 rings (SSSR count).